The number of carboxylic acids is 1. The number of ketones is 2. The monoisotopic (exact) mass is 705 g/mol. The van der Waals surface area contributed by atoms with Gasteiger partial charge in [0.2, 0.25) is 17.7 Å². The molecule has 3 amide bonds. The van der Waals surface area contributed by atoms with Crippen LogP contribution >= 0.6 is 0 Å². The number of H-pyrrole nitrogens is 1. The summed E-state index contributed by atoms with van der Waals surface area (Å²) >= 11 is 0. The molecular formula is C38H51N5O8. The van der Waals surface area contributed by atoms with Crippen molar-refractivity contribution >= 4 is 46.2 Å². The fraction of sp³-hybridized carbons (Fsp3) is 0.474. The number of aromatic amines is 1. The maximum Gasteiger partial charge on any atom is 0.306 e. The molecule has 5 atom stereocenters. The molecule has 0 saturated heterocycles. The van der Waals surface area contributed by atoms with Crippen molar-refractivity contribution in [2.24, 2.45) is 29.2 Å². The second kappa shape index (κ2) is 20.0. The van der Waals surface area contributed by atoms with Crippen molar-refractivity contribution in [3.05, 3.63) is 65.9 Å². The summed E-state index contributed by atoms with van der Waals surface area (Å²) in [5, 5.41) is 25.9. The molecule has 0 aliphatic rings. The van der Waals surface area contributed by atoms with Crippen LogP contribution in [0, 0.1) is 17.8 Å². The van der Waals surface area contributed by atoms with Gasteiger partial charge in [-0.2, -0.15) is 0 Å². The molecule has 276 valence electrons. The summed E-state index contributed by atoms with van der Waals surface area (Å²) in [4.78, 5) is 81.6. The van der Waals surface area contributed by atoms with Crippen LogP contribution in [0.1, 0.15) is 76.3 Å². The van der Waals surface area contributed by atoms with Gasteiger partial charge >= 0.3 is 5.97 Å². The molecule has 1 unspecified atom stereocenters. The Morgan fingerprint density at radius 1 is 0.843 bits per heavy atom. The van der Waals surface area contributed by atoms with E-state index in [0.29, 0.717) is 18.4 Å². The number of carboxylic acid groups (broad SMARTS) is 1. The maximum absolute atomic E-state index is 14.1. The van der Waals surface area contributed by atoms with Gasteiger partial charge in [0.25, 0.3) is 0 Å². The number of benzene rings is 2. The topological polar surface area (TPSA) is 235 Å². The third-order valence-corrected chi connectivity index (χ3v) is 9.28. The molecule has 2 aromatic carbocycles. The average Bonchev–Trinajstić information content (AvgIpc) is 3.51. The molecule has 51 heavy (non-hydrogen) atoms. The molecule has 0 fully saturated rings. The Morgan fingerprint density at radius 3 is 2.16 bits per heavy atom. The number of aromatic nitrogens is 1. The van der Waals surface area contributed by atoms with Gasteiger partial charge in [0.1, 0.15) is 5.75 Å². The van der Waals surface area contributed by atoms with E-state index in [1.54, 1.807) is 18.3 Å². The zero-order valence-corrected chi connectivity index (χ0v) is 29.4. The van der Waals surface area contributed by atoms with Crippen LogP contribution in [0.2, 0.25) is 0 Å². The number of fused-ring (bicyclic) bond motifs is 1. The van der Waals surface area contributed by atoms with Crippen molar-refractivity contribution in [2.45, 2.75) is 90.1 Å². The van der Waals surface area contributed by atoms with Crippen LogP contribution in [0.4, 0.5) is 0 Å². The molecule has 0 saturated carbocycles. The molecule has 0 spiro atoms. The summed E-state index contributed by atoms with van der Waals surface area (Å²) in [7, 11) is 0. The van der Waals surface area contributed by atoms with Gasteiger partial charge < -0.3 is 37.3 Å². The Balaban J connectivity index is 1.92. The Hall–Kier alpha value is -5.04. The van der Waals surface area contributed by atoms with E-state index in [1.807, 2.05) is 38.1 Å². The summed E-state index contributed by atoms with van der Waals surface area (Å²) in [6, 6.07) is 11.1. The van der Waals surface area contributed by atoms with Gasteiger partial charge in [-0.1, -0.05) is 50.6 Å². The van der Waals surface area contributed by atoms with Crippen LogP contribution in [0.25, 0.3) is 10.9 Å². The Morgan fingerprint density at radius 2 is 1.51 bits per heavy atom. The average molecular weight is 706 g/mol. The smallest absolute Gasteiger partial charge is 0.306 e. The summed E-state index contributed by atoms with van der Waals surface area (Å²) in [5.74, 6) is -5.87. The quantitative estimate of drug-likeness (QED) is 0.0765. The molecule has 0 radical (unpaired) electrons. The first-order chi connectivity index (χ1) is 24.3. The molecule has 9 N–H and O–H groups in total. The SMILES string of the molecule is CCC(C)CCC(=O)N[C@H](CC(N)=O)C(=O)C[C@H](Cc1ccc(O)cc1)C(=O)N[C@H](Cc1c[nH]c2ccccc12)C(=O)C[C@H](CCCN)C(=O)O. The summed E-state index contributed by atoms with van der Waals surface area (Å²) in [5.41, 5.74) is 13.2. The van der Waals surface area contributed by atoms with E-state index in [-0.39, 0.29) is 50.3 Å². The Labute approximate surface area is 297 Å². The number of Topliss-reactive ketones (excluding diaryl/α,β-unsaturated/α-hetero) is 2. The predicted molar refractivity (Wildman–Crippen MR) is 192 cm³/mol. The van der Waals surface area contributed by atoms with Gasteiger partial charge in [-0.25, -0.2) is 0 Å². The zero-order chi connectivity index (χ0) is 37.5. The summed E-state index contributed by atoms with van der Waals surface area (Å²) in [6.07, 6.45) is 2.81. The first-order valence-electron chi connectivity index (χ1n) is 17.5. The van der Waals surface area contributed by atoms with Crippen molar-refractivity contribution in [3.63, 3.8) is 0 Å². The second-order valence-corrected chi connectivity index (χ2v) is 13.3. The van der Waals surface area contributed by atoms with Crippen LogP contribution < -0.4 is 22.1 Å². The number of carbonyl (C=O) groups excluding carboxylic acids is 5. The number of amides is 3. The number of aliphatic carboxylic acids is 1. The van der Waals surface area contributed by atoms with E-state index in [4.69, 9.17) is 11.5 Å². The van der Waals surface area contributed by atoms with E-state index in [2.05, 4.69) is 15.6 Å². The number of para-hydroxylation sites is 1. The lowest BCUT2D eigenvalue weighted by molar-refractivity contribution is -0.144. The standard InChI is InChI=1S/C38H51N5O8/c1-3-23(2)10-15-36(48)42-32(21-35(40)47)34(46)20-26(17-24-11-13-28(44)14-12-24)37(49)43-31(33(45)19-25(38(50)51)7-6-16-39)18-27-22-41-30-9-5-4-8-29(27)30/h4-5,8-9,11-14,22-23,25-26,31-32,41,44H,3,6-7,10,15-21,39H2,1-2H3,(H2,40,47)(H,42,48)(H,43,49)(H,50,51)/t23?,25-,26-,31+,32+/m0/s1. The first-order valence-corrected chi connectivity index (χ1v) is 17.5. The molecule has 0 aliphatic heterocycles. The normalized spacial score (nSPS) is 14.2. The number of rotatable bonds is 23. The molecule has 3 aromatic rings. The highest BCUT2D eigenvalue weighted by Gasteiger charge is 2.33. The lowest BCUT2D eigenvalue weighted by Gasteiger charge is -2.25. The largest absolute Gasteiger partial charge is 0.508 e. The fourth-order valence-corrected chi connectivity index (χ4v) is 5.97. The highest BCUT2D eigenvalue weighted by molar-refractivity contribution is 5.97. The highest BCUT2D eigenvalue weighted by atomic mass is 16.4. The van der Waals surface area contributed by atoms with E-state index < -0.39 is 72.0 Å². The Bertz CT molecular complexity index is 1650. The number of phenolic OH excluding ortho intramolecular Hbond substituents is 1. The number of hydrogen-bond acceptors (Lipinski definition) is 8. The zero-order valence-electron chi connectivity index (χ0n) is 29.4. The molecule has 13 heteroatoms. The van der Waals surface area contributed by atoms with Gasteiger partial charge in [-0.3, -0.25) is 28.8 Å². The van der Waals surface area contributed by atoms with Crippen molar-refractivity contribution in [1.82, 2.24) is 15.6 Å². The van der Waals surface area contributed by atoms with Crippen LogP contribution in [-0.2, 0) is 41.6 Å². The summed E-state index contributed by atoms with van der Waals surface area (Å²) < 4.78 is 0. The molecule has 1 heterocycles. The number of carbonyl (C=O) groups is 6. The number of nitrogens with one attached hydrogen (secondary N) is 3. The highest BCUT2D eigenvalue weighted by Crippen LogP contribution is 2.23. The molecule has 13 nitrogen and oxygen atoms in total. The number of primary amides is 1. The number of nitrogens with two attached hydrogens (primary N) is 2. The van der Waals surface area contributed by atoms with Crippen LogP contribution in [0.3, 0.4) is 0 Å². The minimum absolute atomic E-state index is 0.00413. The third-order valence-electron chi connectivity index (χ3n) is 9.28. The molecule has 0 bridgehead atoms. The van der Waals surface area contributed by atoms with Gasteiger partial charge in [0.15, 0.2) is 11.6 Å². The third kappa shape index (κ3) is 13.0. The van der Waals surface area contributed by atoms with E-state index in [9.17, 15) is 39.0 Å². The molecule has 0 aliphatic carbocycles. The minimum atomic E-state index is -1.26. The van der Waals surface area contributed by atoms with Gasteiger partial charge in [0, 0.05) is 48.7 Å². The lowest BCUT2D eigenvalue weighted by Crippen LogP contribution is -2.48. The number of aromatic hydroxyl groups is 1. The van der Waals surface area contributed by atoms with Gasteiger partial charge in [-0.05, 0) is 67.5 Å². The van der Waals surface area contributed by atoms with Gasteiger partial charge in [0.05, 0.1) is 24.4 Å². The van der Waals surface area contributed by atoms with Gasteiger partial charge in [-0.15, -0.1) is 0 Å². The maximum atomic E-state index is 14.1. The first kappa shape index (κ1) is 40.4. The Kier molecular flexibility index (Phi) is 15.8. The van der Waals surface area contributed by atoms with Crippen LogP contribution in [-0.4, -0.2) is 69.1 Å². The molecule has 3 rings (SSSR count). The number of phenols is 1. The van der Waals surface area contributed by atoms with Crippen LogP contribution in [0.5, 0.6) is 5.75 Å². The van der Waals surface area contributed by atoms with Crippen molar-refractivity contribution < 1.29 is 39.0 Å². The van der Waals surface area contributed by atoms with Crippen molar-refractivity contribution in [3.8, 4) is 5.75 Å². The predicted octanol–water partition coefficient (Wildman–Crippen LogP) is 3.30. The minimum Gasteiger partial charge on any atom is -0.508 e. The fourth-order valence-electron chi connectivity index (χ4n) is 5.97. The lowest BCUT2D eigenvalue weighted by atomic mass is 9.88. The second-order valence-electron chi connectivity index (χ2n) is 13.3. The number of hydrogen-bond donors (Lipinski definition) is 7. The molecular weight excluding hydrogens is 654 g/mol. The van der Waals surface area contributed by atoms with Crippen molar-refractivity contribution in [1.29, 1.82) is 0 Å². The summed E-state index contributed by atoms with van der Waals surface area (Å²) in [6.45, 7) is 4.27. The molecule has 1 aromatic heterocycles. The van der Waals surface area contributed by atoms with Crippen molar-refractivity contribution in [2.75, 3.05) is 6.54 Å². The van der Waals surface area contributed by atoms with Crippen LogP contribution in [0.15, 0.2) is 54.7 Å². The van der Waals surface area contributed by atoms with E-state index in [0.717, 1.165) is 22.9 Å². The van der Waals surface area contributed by atoms with E-state index >= 15 is 0 Å². The van der Waals surface area contributed by atoms with E-state index in [1.165, 1.54) is 12.1 Å².